The van der Waals surface area contributed by atoms with Gasteiger partial charge in [-0.15, -0.1) is 21.5 Å². The van der Waals surface area contributed by atoms with Crippen LogP contribution in [0.4, 0.5) is 4.39 Å². The summed E-state index contributed by atoms with van der Waals surface area (Å²) in [5, 5.41) is 17.1. The van der Waals surface area contributed by atoms with Crippen LogP contribution in [0.25, 0.3) is 0 Å². The largest absolute Gasteiger partial charge is 0.356 e. The van der Waals surface area contributed by atoms with Gasteiger partial charge >= 0.3 is 0 Å². The predicted molar refractivity (Wildman–Crippen MR) is 116 cm³/mol. The monoisotopic (exact) mass is 414 g/mol. The molecule has 0 radical (unpaired) electrons. The lowest BCUT2D eigenvalue weighted by Crippen LogP contribution is -2.39. The zero-order valence-electron chi connectivity index (χ0n) is 17.1. The van der Waals surface area contributed by atoms with E-state index >= 15 is 0 Å². The van der Waals surface area contributed by atoms with Crippen LogP contribution in [-0.2, 0) is 26.4 Å². The van der Waals surface area contributed by atoms with Gasteiger partial charge in [0, 0.05) is 25.0 Å². The maximum Gasteiger partial charge on any atom is 0.191 e. The fraction of sp³-hybridized carbons (Fsp3) is 0.381. The summed E-state index contributed by atoms with van der Waals surface area (Å²) in [5.41, 5.74) is 2.09. The van der Waals surface area contributed by atoms with Gasteiger partial charge in [-0.3, -0.25) is 0 Å². The van der Waals surface area contributed by atoms with Crippen LogP contribution in [0.3, 0.4) is 0 Å². The second-order valence-corrected chi connectivity index (χ2v) is 7.92. The highest BCUT2D eigenvalue weighted by Crippen LogP contribution is 2.10. The summed E-state index contributed by atoms with van der Waals surface area (Å²) in [7, 11) is 1.94. The Kier molecular flexibility index (Phi) is 7.35. The number of benzene rings is 1. The van der Waals surface area contributed by atoms with Crippen LogP contribution in [0, 0.1) is 19.7 Å². The van der Waals surface area contributed by atoms with E-state index < -0.39 is 0 Å². The number of nitrogens with one attached hydrogen (secondary N) is 2. The molecule has 29 heavy (non-hydrogen) atoms. The van der Waals surface area contributed by atoms with Crippen molar-refractivity contribution >= 4 is 17.3 Å². The molecule has 0 unspecified atom stereocenters. The quantitative estimate of drug-likeness (QED) is 0.439. The predicted octanol–water partition coefficient (Wildman–Crippen LogP) is 3.15. The first-order chi connectivity index (χ1) is 14.0. The van der Waals surface area contributed by atoms with Gasteiger partial charge in [0.2, 0.25) is 0 Å². The summed E-state index contributed by atoms with van der Waals surface area (Å²) < 4.78 is 15.2. The first-order valence-electron chi connectivity index (χ1n) is 9.67. The second-order valence-electron chi connectivity index (χ2n) is 6.89. The lowest BCUT2D eigenvalue weighted by atomic mass is 10.1. The first kappa shape index (κ1) is 21.0. The van der Waals surface area contributed by atoms with Crippen LogP contribution >= 0.6 is 11.3 Å². The van der Waals surface area contributed by atoms with E-state index in [1.165, 1.54) is 10.9 Å². The summed E-state index contributed by atoms with van der Waals surface area (Å²) >= 11 is 1.75. The SMILES string of the molecule is Cc1cc(F)ccc1CCNC(=NCc1nnc(C)n1C)NCCc1cccs1. The van der Waals surface area contributed by atoms with Crippen LogP contribution in [0.2, 0.25) is 0 Å². The van der Waals surface area contributed by atoms with Crippen LogP contribution in [0.1, 0.15) is 27.7 Å². The number of aromatic nitrogens is 3. The highest BCUT2D eigenvalue weighted by Gasteiger charge is 2.06. The van der Waals surface area contributed by atoms with Crippen LogP contribution in [-0.4, -0.2) is 33.8 Å². The molecule has 8 heteroatoms. The Morgan fingerprint density at radius 1 is 1.14 bits per heavy atom. The maximum absolute atomic E-state index is 13.3. The molecule has 0 atom stereocenters. The minimum atomic E-state index is -0.198. The van der Waals surface area contributed by atoms with Crippen molar-refractivity contribution in [3.63, 3.8) is 0 Å². The van der Waals surface area contributed by atoms with Crippen molar-refractivity contribution in [1.29, 1.82) is 0 Å². The number of thiophene rings is 1. The third-order valence-electron chi connectivity index (χ3n) is 4.80. The third-order valence-corrected chi connectivity index (χ3v) is 5.73. The molecule has 154 valence electrons. The van der Waals surface area contributed by atoms with Gasteiger partial charge in [0.05, 0.1) is 0 Å². The molecule has 0 spiro atoms. The van der Waals surface area contributed by atoms with E-state index in [4.69, 9.17) is 0 Å². The highest BCUT2D eigenvalue weighted by atomic mass is 32.1. The van der Waals surface area contributed by atoms with Gasteiger partial charge in [0.1, 0.15) is 18.2 Å². The summed E-state index contributed by atoms with van der Waals surface area (Å²) in [4.78, 5) is 6.01. The van der Waals surface area contributed by atoms with Gasteiger partial charge in [0.25, 0.3) is 0 Å². The Morgan fingerprint density at radius 3 is 2.59 bits per heavy atom. The van der Waals surface area contributed by atoms with Crippen LogP contribution in [0.5, 0.6) is 0 Å². The van der Waals surface area contributed by atoms with Crippen molar-refractivity contribution < 1.29 is 4.39 Å². The van der Waals surface area contributed by atoms with Crippen molar-refractivity contribution in [3.05, 3.63) is 69.2 Å². The fourth-order valence-corrected chi connectivity index (χ4v) is 3.64. The van der Waals surface area contributed by atoms with Gasteiger partial charge in [-0.2, -0.15) is 0 Å². The summed E-state index contributed by atoms with van der Waals surface area (Å²) in [6.45, 7) is 5.79. The fourth-order valence-electron chi connectivity index (χ4n) is 2.93. The molecule has 2 heterocycles. The number of hydrogen-bond acceptors (Lipinski definition) is 4. The molecule has 2 aromatic heterocycles. The standard InChI is InChI=1S/C21H27FN6S/c1-15-13-18(22)7-6-17(15)8-10-23-21(24-11-9-19-5-4-12-29-19)25-14-20-27-26-16(2)28(20)3/h4-7,12-13H,8-11,14H2,1-3H3,(H2,23,24,25). The van der Waals surface area contributed by atoms with Gasteiger partial charge in [-0.1, -0.05) is 12.1 Å². The van der Waals surface area contributed by atoms with Gasteiger partial charge in [-0.25, -0.2) is 9.38 Å². The van der Waals surface area contributed by atoms with E-state index in [0.29, 0.717) is 13.1 Å². The molecule has 0 saturated heterocycles. The average Bonchev–Trinajstić information content (AvgIpc) is 3.32. The molecular formula is C21H27FN6S. The first-order valence-corrected chi connectivity index (χ1v) is 10.6. The van der Waals surface area contributed by atoms with E-state index in [-0.39, 0.29) is 5.82 Å². The summed E-state index contributed by atoms with van der Waals surface area (Å²) in [5.74, 6) is 2.22. The average molecular weight is 415 g/mol. The minimum Gasteiger partial charge on any atom is -0.356 e. The summed E-state index contributed by atoms with van der Waals surface area (Å²) in [6.07, 6.45) is 1.74. The smallest absolute Gasteiger partial charge is 0.191 e. The number of guanidine groups is 1. The van der Waals surface area contributed by atoms with E-state index in [1.54, 1.807) is 17.4 Å². The highest BCUT2D eigenvalue weighted by molar-refractivity contribution is 7.09. The molecule has 0 aliphatic carbocycles. The van der Waals surface area contributed by atoms with Crippen molar-refractivity contribution in [2.45, 2.75) is 33.2 Å². The minimum absolute atomic E-state index is 0.198. The molecule has 0 aliphatic heterocycles. The molecule has 0 saturated carbocycles. The molecule has 6 nitrogen and oxygen atoms in total. The molecule has 0 bridgehead atoms. The molecule has 2 N–H and O–H groups in total. The van der Waals surface area contributed by atoms with Gasteiger partial charge in [0.15, 0.2) is 11.8 Å². The van der Waals surface area contributed by atoms with Gasteiger partial charge in [-0.05, 0) is 61.4 Å². The van der Waals surface area contributed by atoms with E-state index in [1.807, 2.05) is 31.5 Å². The number of nitrogens with zero attached hydrogens (tertiary/aromatic N) is 4. The summed E-state index contributed by atoms with van der Waals surface area (Å²) in [6, 6.07) is 9.12. The Balaban J connectivity index is 1.59. The van der Waals surface area contributed by atoms with E-state index in [2.05, 4.69) is 43.3 Å². The van der Waals surface area contributed by atoms with E-state index in [9.17, 15) is 4.39 Å². The number of aryl methyl sites for hydroxylation is 2. The Morgan fingerprint density at radius 2 is 1.93 bits per heavy atom. The van der Waals surface area contributed by atoms with Crippen LogP contribution in [0.15, 0.2) is 40.7 Å². The van der Waals surface area contributed by atoms with Crippen molar-refractivity contribution in [2.24, 2.45) is 12.0 Å². The lowest BCUT2D eigenvalue weighted by molar-refractivity contribution is 0.625. The Hall–Kier alpha value is -2.74. The van der Waals surface area contributed by atoms with E-state index in [0.717, 1.165) is 48.1 Å². The molecular weight excluding hydrogens is 387 g/mol. The molecule has 1 aromatic carbocycles. The molecule has 0 fully saturated rings. The van der Waals surface area contributed by atoms with Gasteiger partial charge < -0.3 is 15.2 Å². The van der Waals surface area contributed by atoms with Crippen molar-refractivity contribution in [2.75, 3.05) is 13.1 Å². The number of rotatable bonds is 8. The number of aliphatic imine (C=N–C) groups is 1. The lowest BCUT2D eigenvalue weighted by Gasteiger charge is -2.13. The third kappa shape index (κ3) is 6.12. The Labute approximate surface area is 174 Å². The number of halogens is 1. The van der Waals surface area contributed by atoms with Crippen molar-refractivity contribution in [3.8, 4) is 0 Å². The number of hydrogen-bond donors (Lipinski definition) is 2. The second kappa shape index (κ2) is 10.2. The molecule has 3 aromatic rings. The topological polar surface area (TPSA) is 67.1 Å². The maximum atomic E-state index is 13.3. The molecule has 0 amide bonds. The molecule has 0 aliphatic rings. The Bertz CT molecular complexity index is 948. The molecule has 3 rings (SSSR count). The van der Waals surface area contributed by atoms with Crippen LogP contribution < -0.4 is 10.6 Å². The zero-order valence-corrected chi connectivity index (χ0v) is 17.9. The van der Waals surface area contributed by atoms with Crippen molar-refractivity contribution in [1.82, 2.24) is 25.4 Å². The zero-order chi connectivity index (χ0) is 20.6. The normalized spacial score (nSPS) is 11.7.